The molecule has 1 aliphatic carbocycles. The molecule has 1 heterocycles. The number of methoxy groups -OCH3 is 1. The molecule has 0 saturated heterocycles. The molecule has 1 atom stereocenters. The third-order valence-electron chi connectivity index (χ3n) is 3.61. The fraction of sp³-hybridized carbons (Fsp3) is 0.571. The van der Waals surface area contributed by atoms with Gasteiger partial charge in [-0.1, -0.05) is 18.3 Å². The van der Waals surface area contributed by atoms with Gasteiger partial charge in [0.2, 0.25) is 0 Å². The zero-order valence-corrected chi connectivity index (χ0v) is 12.3. The summed E-state index contributed by atoms with van der Waals surface area (Å²) in [6.07, 6.45) is 2.61. The zero-order valence-electron chi connectivity index (χ0n) is 11.5. The van der Waals surface area contributed by atoms with Crippen molar-refractivity contribution < 1.29 is 4.74 Å². The van der Waals surface area contributed by atoms with Gasteiger partial charge in [0.1, 0.15) is 10.8 Å². The SMILES string of the molecule is COCCN(c1cccc(C(N)=S)n1)C(C)C1CC1. The molecule has 1 aromatic heterocycles. The van der Waals surface area contributed by atoms with E-state index < -0.39 is 0 Å². The van der Waals surface area contributed by atoms with Gasteiger partial charge in [-0.2, -0.15) is 0 Å². The van der Waals surface area contributed by atoms with Crippen LogP contribution in [0.2, 0.25) is 0 Å². The number of rotatable bonds is 7. The van der Waals surface area contributed by atoms with E-state index in [9.17, 15) is 0 Å². The van der Waals surface area contributed by atoms with Crippen LogP contribution < -0.4 is 10.6 Å². The van der Waals surface area contributed by atoms with E-state index in [1.54, 1.807) is 7.11 Å². The largest absolute Gasteiger partial charge is 0.388 e. The molecule has 0 aromatic carbocycles. The van der Waals surface area contributed by atoms with Gasteiger partial charge in [0.15, 0.2) is 0 Å². The van der Waals surface area contributed by atoms with Crippen molar-refractivity contribution in [3.63, 3.8) is 0 Å². The molecule has 2 N–H and O–H groups in total. The number of hydrogen-bond acceptors (Lipinski definition) is 4. The number of aromatic nitrogens is 1. The number of ether oxygens (including phenoxy) is 1. The smallest absolute Gasteiger partial charge is 0.129 e. The lowest BCUT2D eigenvalue weighted by Crippen LogP contribution is -2.38. The average molecular weight is 279 g/mol. The van der Waals surface area contributed by atoms with Crippen LogP contribution >= 0.6 is 12.2 Å². The van der Waals surface area contributed by atoms with Crippen LogP contribution in [0.5, 0.6) is 0 Å². The predicted molar refractivity (Wildman–Crippen MR) is 81.5 cm³/mol. The summed E-state index contributed by atoms with van der Waals surface area (Å²) in [5.41, 5.74) is 6.34. The Morgan fingerprint density at radius 2 is 2.32 bits per heavy atom. The lowest BCUT2D eigenvalue weighted by atomic mass is 10.1. The fourth-order valence-corrected chi connectivity index (χ4v) is 2.38. The third kappa shape index (κ3) is 3.64. The molecular formula is C14H21N3OS. The van der Waals surface area contributed by atoms with Crippen molar-refractivity contribution in [2.45, 2.75) is 25.8 Å². The van der Waals surface area contributed by atoms with Gasteiger partial charge in [0, 0.05) is 19.7 Å². The molecule has 1 unspecified atom stereocenters. The van der Waals surface area contributed by atoms with E-state index in [1.807, 2.05) is 18.2 Å². The summed E-state index contributed by atoms with van der Waals surface area (Å²) in [5.74, 6) is 1.70. The summed E-state index contributed by atoms with van der Waals surface area (Å²) in [4.78, 5) is 7.20. The van der Waals surface area contributed by atoms with Crippen LogP contribution in [-0.4, -0.2) is 36.3 Å². The average Bonchev–Trinajstić information content (AvgIpc) is 3.23. The third-order valence-corrected chi connectivity index (χ3v) is 3.82. The van der Waals surface area contributed by atoms with E-state index in [-0.39, 0.29) is 0 Å². The van der Waals surface area contributed by atoms with Crippen LogP contribution in [0.25, 0.3) is 0 Å². The molecule has 0 amide bonds. The molecular weight excluding hydrogens is 258 g/mol. The number of nitrogens with two attached hydrogens (primary N) is 1. The van der Waals surface area contributed by atoms with Crippen LogP contribution in [0.3, 0.4) is 0 Å². The molecule has 4 nitrogen and oxygen atoms in total. The summed E-state index contributed by atoms with van der Waals surface area (Å²) >= 11 is 5.00. The first-order valence-corrected chi connectivity index (χ1v) is 7.06. The molecule has 1 aliphatic rings. The maximum atomic E-state index is 5.66. The molecule has 0 radical (unpaired) electrons. The molecule has 1 saturated carbocycles. The topological polar surface area (TPSA) is 51.4 Å². The monoisotopic (exact) mass is 279 g/mol. The number of thiocarbonyl (C=S) groups is 1. The second-order valence-electron chi connectivity index (χ2n) is 5.01. The Bertz CT molecular complexity index is 448. The number of pyridine rings is 1. The molecule has 0 aliphatic heterocycles. The van der Waals surface area contributed by atoms with Gasteiger partial charge < -0.3 is 15.4 Å². The maximum Gasteiger partial charge on any atom is 0.129 e. The van der Waals surface area contributed by atoms with Gasteiger partial charge in [0.25, 0.3) is 0 Å². The second-order valence-corrected chi connectivity index (χ2v) is 5.45. The van der Waals surface area contributed by atoms with Crippen LogP contribution in [0.4, 0.5) is 5.82 Å². The summed E-state index contributed by atoms with van der Waals surface area (Å²) < 4.78 is 5.20. The number of hydrogen-bond donors (Lipinski definition) is 1. The van der Waals surface area contributed by atoms with Crippen LogP contribution in [0, 0.1) is 5.92 Å². The zero-order chi connectivity index (χ0) is 13.8. The van der Waals surface area contributed by atoms with Crippen molar-refractivity contribution in [2.75, 3.05) is 25.2 Å². The van der Waals surface area contributed by atoms with E-state index in [0.717, 1.165) is 18.3 Å². The first-order valence-electron chi connectivity index (χ1n) is 6.66. The highest BCUT2D eigenvalue weighted by molar-refractivity contribution is 7.80. The highest BCUT2D eigenvalue weighted by Crippen LogP contribution is 2.36. The van der Waals surface area contributed by atoms with Crippen molar-refractivity contribution in [1.29, 1.82) is 0 Å². The van der Waals surface area contributed by atoms with Crippen molar-refractivity contribution >= 4 is 23.0 Å². The molecule has 1 aromatic rings. The molecule has 0 bridgehead atoms. The van der Waals surface area contributed by atoms with E-state index in [2.05, 4.69) is 16.8 Å². The van der Waals surface area contributed by atoms with E-state index in [1.165, 1.54) is 12.8 Å². The van der Waals surface area contributed by atoms with Crippen LogP contribution in [0.15, 0.2) is 18.2 Å². The Hall–Kier alpha value is -1.20. The predicted octanol–water partition coefficient (Wildman–Crippen LogP) is 1.97. The van der Waals surface area contributed by atoms with Gasteiger partial charge in [-0.25, -0.2) is 4.98 Å². The van der Waals surface area contributed by atoms with Crippen molar-refractivity contribution in [3.8, 4) is 0 Å². The lowest BCUT2D eigenvalue weighted by Gasteiger charge is -2.30. The summed E-state index contributed by atoms with van der Waals surface area (Å²) in [6.45, 7) is 3.78. The van der Waals surface area contributed by atoms with Crippen molar-refractivity contribution in [3.05, 3.63) is 23.9 Å². The van der Waals surface area contributed by atoms with Gasteiger partial charge >= 0.3 is 0 Å². The Morgan fingerprint density at radius 3 is 2.89 bits per heavy atom. The minimum absolute atomic E-state index is 0.340. The first kappa shape index (κ1) is 14.2. The summed E-state index contributed by atoms with van der Waals surface area (Å²) in [7, 11) is 1.72. The molecule has 104 valence electrons. The Labute approximate surface area is 120 Å². The Balaban J connectivity index is 2.20. The molecule has 2 rings (SSSR count). The van der Waals surface area contributed by atoms with E-state index in [0.29, 0.717) is 23.3 Å². The van der Waals surface area contributed by atoms with Gasteiger partial charge in [-0.05, 0) is 37.8 Å². The molecule has 5 heteroatoms. The second kappa shape index (κ2) is 6.30. The quantitative estimate of drug-likeness (QED) is 0.773. The fourth-order valence-electron chi connectivity index (χ4n) is 2.27. The summed E-state index contributed by atoms with van der Waals surface area (Å²) in [6, 6.07) is 6.29. The molecule has 19 heavy (non-hydrogen) atoms. The summed E-state index contributed by atoms with van der Waals surface area (Å²) in [5, 5.41) is 0. The molecule has 1 fully saturated rings. The van der Waals surface area contributed by atoms with Gasteiger partial charge in [-0.3, -0.25) is 0 Å². The number of nitrogens with zero attached hydrogens (tertiary/aromatic N) is 2. The Kier molecular flexibility index (Phi) is 4.71. The minimum atomic E-state index is 0.340. The van der Waals surface area contributed by atoms with Crippen LogP contribution in [-0.2, 0) is 4.74 Å². The number of anilines is 1. The minimum Gasteiger partial charge on any atom is -0.388 e. The van der Waals surface area contributed by atoms with Crippen molar-refractivity contribution in [2.24, 2.45) is 11.7 Å². The lowest BCUT2D eigenvalue weighted by molar-refractivity contribution is 0.202. The maximum absolute atomic E-state index is 5.66. The van der Waals surface area contributed by atoms with E-state index >= 15 is 0 Å². The molecule has 0 spiro atoms. The van der Waals surface area contributed by atoms with Crippen molar-refractivity contribution in [1.82, 2.24) is 4.98 Å². The Morgan fingerprint density at radius 1 is 1.58 bits per heavy atom. The normalized spacial score (nSPS) is 16.1. The highest BCUT2D eigenvalue weighted by Gasteiger charge is 2.32. The standard InChI is InChI=1S/C14H21N3OS/c1-10(11-6-7-11)17(8-9-18-2)13-5-3-4-12(16-13)14(15)19/h3-5,10-11H,6-9H2,1-2H3,(H2,15,19). The highest BCUT2D eigenvalue weighted by atomic mass is 32.1. The van der Waals surface area contributed by atoms with E-state index in [4.69, 9.17) is 22.7 Å². The van der Waals surface area contributed by atoms with Gasteiger partial charge in [0.05, 0.1) is 12.3 Å². The van der Waals surface area contributed by atoms with Gasteiger partial charge in [-0.15, -0.1) is 0 Å². The first-order chi connectivity index (χ1) is 9.13. The van der Waals surface area contributed by atoms with Crippen LogP contribution in [0.1, 0.15) is 25.5 Å².